The van der Waals surface area contributed by atoms with Gasteiger partial charge in [-0.15, -0.1) is 11.8 Å². The minimum absolute atomic E-state index is 0.0798. The van der Waals surface area contributed by atoms with Gasteiger partial charge in [-0.3, -0.25) is 10.1 Å². The molecule has 0 atom stereocenters. The number of amidine groups is 1. The van der Waals surface area contributed by atoms with Crippen molar-refractivity contribution in [1.29, 1.82) is 5.41 Å². The van der Waals surface area contributed by atoms with Gasteiger partial charge in [0.1, 0.15) is 10.9 Å². The summed E-state index contributed by atoms with van der Waals surface area (Å²) in [6, 6.07) is 10.2. The van der Waals surface area contributed by atoms with Crippen LogP contribution in [0.4, 0.5) is 0 Å². The third kappa shape index (κ3) is 2.56. The van der Waals surface area contributed by atoms with Crippen molar-refractivity contribution < 1.29 is 0 Å². The number of nitrogens with two attached hydrogens (primary N) is 1. The van der Waals surface area contributed by atoms with E-state index >= 15 is 0 Å². The molecule has 0 aliphatic heterocycles. The number of nitrogens with zero attached hydrogens (tertiary/aromatic N) is 2. The first-order valence-electron chi connectivity index (χ1n) is 5.64. The maximum Gasteiger partial charge on any atom is 0.127 e. The Balaban J connectivity index is 2.22. The summed E-state index contributed by atoms with van der Waals surface area (Å²) in [5, 5.41) is 12.9. The van der Waals surface area contributed by atoms with E-state index in [1.165, 1.54) is 5.56 Å². The first-order chi connectivity index (χ1) is 8.59. The van der Waals surface area contributed by atoms with E-state index in [0.29, 0.717) is 0 Å². The second-order valence-corrected chi connectivity index (χ2v) is 5.04. The first-order valence-corrected chi connectivity index (χ1v) is 6.63. The van der Waals surface area contributed by atoms with Crippen molar-refractivity contribution in [2.24, 2.45) is 12.8 Å². The summed E-state index contributed by atoms with van der Waals surface area (Å²) in [6.45, 7) is 1.88. The lowest BCUT2D eigenvalue weighted by atomic mass is 10.2. The molecule has 0 spiro atoms. The van der Waals surface area contributed by atoms with Crippen molar-refractivity contribution in [3.8, 4) is 0 Å². The van der Waals surface area contributed by atoms with Crippen molar-refractivity contribution >= 4 is 17.6 Å². The van der Waals surface area contributed by atoms with Crippen LogP contribution in [-0.4, -0.2) is 15.6 Å². The highest BCUT2D eigenvalue weighted by molar-refractivity contribution is 7.98. The van der Waals surface area contributed by atoms with Crippen LogP contribution in [0.3, 0.4) is 0 Å². The molecular weight excluding hydrogens is 244 g/mol. The number of hydrogen-bond acceptors (Lipinski definition) is 3. The Morgan fingerprint density at radius 3 is 2.67 bits per heavy atom. The lowest BCUT2D eigenvalue weighted by molar-refractivity contribution is 0.692. The van der Waals surface area contributed by atoms with Crippen molar-refractivity contribution in [1.82, 2.24) is 9.78 Å². The second-order valence-electron chi connectivity index (χ2n) is 4.08. The van der Waals surface area contributed by atoms with E-state index < -0.39 is 0 Å². The quantitative estimate of drug-likeness (QED) is 0.503. The van der Waals surface area contributed by atoms with E-state index in [1.54, 1.807) is 16.4 Å². The largest absolute Gasteiger partial charge is 0.384 e. The number of nitrogens with one attached hydrogen (secondary N) is 1. The number of thioether (sulfide) groups is 1. The van der Waals surface area contributed by atoms with Crippen molar-refractivity contribution in [3.63, 3.8) is 0 Å². The molecule has 0 aliphatic rings. The van der Waals surface area contributed by atoms with Gasteiger partial charge >= 0.3 is 0 Å². The van der Waals surface area contributed by atoms with E-state index in [1.807, 2.05) is 32.2 Å². The van der Waals surface area contributed by atoms with Gasteiger partial charge in [0, 0.05) is 12.8 Å². The Bertz CT molecular complexity index is 560. The Morgan fingerprint density at radius 2 is 2.06 bits per heavy atom. The Kier molecular flexibility index (Phi) is 3.72. The highest BCUT2D eigenvalue weighted by Gasteiger charge is 2.15. The molecule has 0 unspecified atom stereocenters. The maximum atomic E-state index is 7.62. The zero-order valence-corrected chi connectivity index (χ0v) is 11.3. The lowest BCUT2D eigenvalue weighted by Crippen LogP contribution is -2.13. The molecule has 4 nitrogen and oxygen atoms in total. The molecule has 0 amide bonds. The predicted molar refractivity (Wildman–Crippen MR) is 75.0 cm³/mol. The van der Waals surface area contributed by atoms with E-state index in [4.69, 9.17) is 11.1 Å². The van der Waals surface area contributed by atoms with Crippen LogP contribution in [0.25, 0.3) is 0 Å². The van der Waals surface area contributed by atoms with Gasteiger partial charge in [-0.25, -0.2) is 0 Å². The molecule has 0 radical (unpaired) electrons. The van der Waals surface area contributed by atoms with E-state index in [0.717, 1.165) is 22.0 Å². The molecule has 3 N–H and O–H groups in total. The maximum absolute atomic E-state index is 7.62. The predicted octanol–water partition coefficient (Wildman–Crippen LogP) is 2.30. The molecule has 2 rings (SSSR count). The summed E-state index contributed by atoms with van der Waals surface area (Å²) in [7, 11) is 1.88. The van der Waals surface area contributed by atoms with Crippen LogP contribution >= 0.6 is 11.8 Å². The second kappa shape index (κ2) is 5.27. The molecule has 0 saturated heterocycles. The highest BCUT2D eigenvalue weighted by Crippen LogP contribution is 2.27. The van der Waals surface area contributed by atoms with E-state index in [2.05, 4.69) is 17.2 Å². The molecule has 1 heterocycles. The monoisotopic (exact) mass is 260 g/mol. The normalized spacial score (nSPS) is 10.6. The molecule has 2 aromatic rings. The van der Waals surface area contributed by atoms with Gasteiger partial charge in [-0.05, 0) is 12.5 Å². The number of nitrogen functional groups attached to an aromatic ring is 1. The Labute approximate surface area is 111 Å². The summed E-state index contributed by atoms with van der Waals surface area (Å²) < 4.78 is 1.79. The number of rotatable bonds is 4. The summed E-state index contributed by atoms with van der Waals surface area (Å²) in [4.78, 5) is 0. The molecule has 1 aromatic carbocycles. The summed E-state index contributed by atoms with van der Waals surface area (Å²) in [5.41, 5.74) is 8.42. The van der Waals surface area contributed by atoms with E-state index in [9.17, 15) is 0 Å². The minimum atomic E-state index is 0.0798. The fourth-order valence-electron chi connectivity index (χ4n) is 1.84. The Morgan fingerprint density at radius 1 is 1.39 bits per heavy atom. The SMILES string of the molecule is Cc1nn(C)c(SCc2ccccc2)c1C(=N)N. The molecule has 18 heavy (non-hydrogen) atoms. The number of benzene rings is 1. The smallest absolute Gasteiger partial charge is 0.127 e. The van der Waals surface area contributed by atoms with Crippen LogP contribution in [0.2, 0.25) is 0 Å². The van der Waals surface area contributed by atoms with Gasteiger partial charge < -0.3 is 5.73 Å². The highest BCUT2D eigenvalue weighted by atomic mass is 32.2. The molecule has 5 heteroatoms. The number of aryl methyl sites for hydroxylation is 2. The zero-order chi connectivity index (χ0) is 13.1. The lowest BCUT2D eigenvalue weighted by Gasteiger charge is -2.05. The number of aromatic nitrogens is 2. The molecule has 0 fully saturated rings. The third-order valence-corrected chi connectivity index (χ3v) is 3.88. The summed E-state index contributed by atoms with van der Waals surface area (Å²) >= 11 is 1.66. The molecule has 0 aliphatic carbocycles. The fraction of sp³-hybridized carbons (Fsp3) is 0.231. The van der Waals surface area contributed by atoms with Crippen molar-refractivity contribution in [2.45, 2.75) is 17.7 Å². The zero-order valence-electron chi connectivity index (χ0n) is 10.5. The first kappa shape index (κ1) is 12.7. The van der Waals surface area contributed by atoms with Crippen LogP contribution in [0.5, 0.6) is 0 Å². The average Bonchev–Trinajstić information content (AvgIpc) is 2.62. The van der Waals surface area contributed by atoms with Gasteiger partial charge in [0.25, 0.3) is 0 Å². The topological polar surface area (TPSA) is 67.7 Å². The third-order valence-electron chi connectivity index (χ3n) is 2.66. The molecule has 94 valence electrons. The van der Waals surface area contributed by atoms with Gasteiger partial charge in [0.2, 0.25) is 0 Å². The van der Waals surface area contributed by atoms with Crippen LogP contribution < -0.4 is 5.73 Å². The minimum Gasteiger partial charge on any atom is -0.384 e. The van der Waals surface area contributed by atoms with Gasteiger partial charge in [-0.1, -0.05) is 30.3 Å². The molecule has 0 saturated carbocycles. The van der Waals surface area contributed by atoms with Crippen LogP contribution in [-0.2, 0) is 12.8 Å². The Hall–Kier alpha value is -1.75. The van der Waals surface area contributed by atoms with Gasteiger partial charge in [0.05, 0.1) is 11.3 Å². The van der Waals surface area contributed by atoms with Crippen molar-refractivity contribution in [3.05, 3.63) is 47.2 Å². The summed E-state index contributed by atoms with van der Waals surface area (Å²) in [6.07, 6.45) is 0. The van der Waals surface area contributed by atoms with Crippen LogP contribution in [0, 0.1) is 12.3 Å². The fourth-order valence-corrected chi connectivity index (χ4v) is 2.96. The van der Waals surface area contributed by atoms with Crippen LogP contribution in [0.15, 0.2) is 35.4 Å². The number of hydrogen-bond donors (Lipinski definition) is 2. The van der Waals surface area contributed by atoms with E-state index in [-0.39, 0.29) is 5.84 Å². The standard InChI is InChI=1S/C13H16N4S/c1-9-11(12(14)15)13(17(2)16-9)18-8-10-6-4-3-5-7-10/h3-7H,8H2,1-2H3,(H3,14,15). The van der Waals surface area contributed by atoms with Gasteiger partial charge in [-0.2, -0.15) is 5.10 Å². The molecular formula is C13H16N4S. The molecule has 0 bridgehead atoms. The molecule has 1 aromatic heterocycles. The van der Waals surface area contributed by atoms with Crippen molar-refractivity contribution in [2.75, 3.05) is 0 Å². The van der Waals surface area contributed by atoms with Gasteiger partial charge in [0.15, 0.2) is 0 Å². The summed E-state index contributed by atoms with van der Waals surface area (Å²) in [5.74, 6) is 0.927. The average molecular weight is 260 g/mol. The van der Waals surface area contributed by atoms with Crippen LogP contribution in [0.1, 0.15) is 16.8 Å².